The predicted molar refractivity (Wildman–Crippen MR) is 264 cm³/mol. The fraction of sp³-hybridized carbons (Fsp3) is 0.566. The highest BCUT2D eigenvalue weighted by molar-refractivity contribution is 7.99. The molecule has 2 fully saturated rings. The standard InChI is InChI=1S/C53H64N4O15S/c1-25-17-28-18-30-31(21-54)57-32-22-64-46(58)53(29-20-33(62-13)34(19-27(29)15-16-55-53)67-47(59)70-50(3,4)5)23-73-45(37-36(32)43-42(65-24-66-43)26(2)41(37)68-48(60)71-51(6,7)8)39(57)38(56(30)12)35(28)44(40(25)63-14)69-49(61)72-52(9,10)11/h17,19-20,30-32,38-39,45,55H,15-16,18,22-24H2,1-14H3/t30?,31-,32-,38+,39?,45+,53+/m0/s1. The van der Waals surface area contributed by atoms with Crippen LogP contribution in [-0.2, 0) is 42.1 Å². The molecule has 10 rings (SSSR count). The molecule has 0 aromatic heterocycles. The monoisotopic (exact) mass is 1030 g/mol. The van der Waals surface area contributed by atoms with Gasteiger partial charge >= 0.3 is 24.4 Å². The molecule has 1 spiro atoms. The summed E-state index contributed by atoms with van der Waals surface area (Å²) in [5.41, 5.74) is 0.809. The number of nitriles is 1. The quantitative estimate of drug-likeness (QED) is 0.144. The smallest absolute Gasteiger partial charge is 0.493 e. The zero-order chi connectivity index (χ0) is 52.9. The number of hydrogen-bond acceptors (Lipinski definition) is 20. The maximum atomic E-state index is 15.3. The fourth-order valence-corrected chi connectivity index (χ4v) is 12.9. The lowest BCUT2D eigenvalue weighted by atomic mass is 9.71. The van der Waals surface area contributed by atoms with Crippen LogP contribution in [0.25, 0.3) is 0 Å². The summed E-state index contributed by atoms with van der Waals surface area (Å²) < 4.78 is 66.4. The first kappa shape index (κ1) is 51.7. The van der Waals surface area contributed by atoms with Crippen molar-refractivity contribution in [2.45, 2.75) is 147 Å². The third-order valence-corrected chi connectivity index (χ3v) is 15.4. The van der Waals surface area contributed by atoms with Crippen LogP contribution in [0.4, 0.5) is 14.4 Å². The molecule has 7 aliphatic heterocycles. The van der Waals surface area contributed by atoms with Crippen LogP contribution in [0, 0.1) is 25.2 Å². The van der Waals surface area contributed by atoms with E-state index in [2.05, 4.69) is 21.2 Å². The summed E-state index contributed by atoms with van der Waals surface area (Å²) >= 11 is 1.40. The van der Waals surface area contributed by atoms with Crippen molar-refractivity contribution in [1.29, 1.82) is 5.26 Å². The minimum Gasteiger partial charge on any atom is -0.493 e. The maximum Gasteiger partial charge on any atom is 0.514 e. The Hall–Kier alpha value is -6.14. The number of nitrogens with zero attached hydrogens (tertiary/aromatic N) is 3. The van der Waals surface area contributed by atoms with Gasteiger partial charge in [-0.1, -0.05) is 6.07 Å². The molecule has 3 aromatic rings. The van der Waals surface area contributed by atoms with E-state index in [1.165, 1.54) is 26.0 Å². The van der Waals surface area contributed by atoms with Crippen molar-refractivity contribution in [3.05, 3.63) is 62.7 Å². The summed E-state index contributed by atoms with van der Waals surface area (Å²) in [6.07, 6.45) is -1.99. The number of esters is 1. The zero-order valence-electron chi connectivity index (χ0n) is 43.8. The normalized spacial score (nSPS) is 25.1. The topological polar surface area (TPSA) is 212 Å². The fourth-order valence-electron chi connectivity index (χ4n) is 11.3. The third kappa shape index (κ3) is 9.20. The van der Waals surface area contributed by atoms with E-state index < -0.39 is 82.2 Å². The van der Waals surface area contributed by atoms with E-state index in [-0.39, 0.29) is 42.2 Å². The van der Waals surface area contributed by atoms with Crippen LogP contribution in [0.1, 0.15) is 124 Å². The molecule has 0 radical (unpaired) electrons. The van der Waals surface area contributed by atoms with Crippen molar-refractivity contribution in [3.63, 3.8) is 0 Å². The summed E-state index contributed by atoms with van der Waals surface area (Å²) in [5.74, 6) is 1.08. The van der Waals surface area contributed by atoms with Gasteiger partial charge in [-0.15, -0.1) is 11.8 Å². The van der Waals surface area contributed by atoms with Crippen molar-refractivity contribution in [1.82, 2.24) is 15.1 Å². The lowest BCUT2D eigenvalue weighted by molar-refractivity contribution is -0.157. The van der Waals surface area contributed by atoms with Crippen LogP contribution >= 0.6 is 11.8 Å². The number of aryl methyl sites for hydroxylation is 1. The molecule has 73 heavy (non-hydrogen) atoms. The molecule has 7 aliphatic rings. The zero-order valence-corrected chi connectivity index (χ0v) is 44.6. The number of ether oxygens (including phenoxy) is 11. The molecule has 20 heteroatoms. The van der Waals surface area contributed by atoms with Gasteiger partial charge in [0.25, 0.3) is 0 Å². The number of fused-ring (bicyclic) bond motifs is 9. The van der Waals surface area contributed by atoms with Crippen LogP contribution in [0.3, 0.4) is 0 Å². The van der Waals surface area contributed by atoms with Crippen molar-refractivity contribution < 1.29 is 71.3 Å². The Morgan fingerprint density at radius 2 is 1.41 bits per heavy atom. The molecule has 7 atom stereocenters. The molecule has 392 valence electrons. The molecule has 3 aromatic carbocycles. The van der Waals surface area contributed by atoms with Crippen LogP contribution in [0.2, 0.25) is 0 Å². The molecule has 4 bridgehead atoms. The largest absolute Gasteiger partial charge is 0.514 e. The summed E-state index contributed by atoms with van der Waals surface area (Å²) in [6.45, 7) is 19.2. The van der Waals surface area contributed by atoms with E-state index in [0.717, 1.165) is 5.56 Å². The lowest BCUT2D eigenvalue weighted by Gasteiger charge is -2.62. The molecule has 19 nitrogen and oxygen atoms in total. The first-order valence-corrected chi connectivity index (χ1v) is 25.4. The number of nitrogens with one attached hydrogen (secondary N) is 1. The molecular weight excluding hydrogens is 965 g/mol. The summed E-state index contributed by atoms with van der Waals surface area (Å²) in [5, 5.41) is 14.3. The number of hydrogen-bond donors (Lipinski definition) is 1. The number of rotatable bonds is 5. The molecule has 7 heterocycles. The second kappa shape index (κ2) is 18.7. The first-order chi connectivity index (χ1) is 34.3. The summed E-state index contributed by atoms with van der Waals surface area (Å²) in [6, 6.07) is 4.50. The van der Waals surface area contributed by atoms with Gasteiger partial charge in [-0.25, -0.2) is 19.2 Å². The maximum absolute atomic E-state index is 15.3. The van der Waals surface area contributed by atoms with E-state index in [9.17, 15) is 19.6 Å². The molecule has 0 aliphatic carbocycles. The Kier molecular flexibility index (Phi) is 13.2. The number of piperazine rings is 1. The van der Waals surface area contributed by atoms with Gasteiger partial charge in [0.1, 0.15) is 35.2 Å². The van der Waals surface area contributed by atoms with Gasteiger partial charge in [0, 0.05) is 46.6 Å². The Balaban J connectivity index is 1.29. The highest BCUT2D eigenvalue weighted by Crippen LogP contribution is 2.65. The number of methoxy groups -OCH3 is 2. The van der Waals surface area contributed by atoms with Crippen LogP contribution < -0.4 is 38.5 Å². The van der Waals surface area contributed by atoms with Gasteiger partial charge in [-0.3, -0.25) is 15.1 Å². The molecule has 2 saturated heterocycles. The average Bonchev–Trinajstić information content (AvgIpc) is 3.77. The lowest BCUT2D eigenvalue weighted by Crippen LogP contribution is -2.69. The van der Waals surface area contributed by atoms with Crippen molar-refractivity contribution in [2.24, 2.45) is 0 Å². The van der Waals surface area contributed by atoms with Gasteiger partial charge in [0.2, 0.25) is 6.79 Å². The molecule has 0 saturated carbocycles. The van der Waals surface area contributed by atoms with Gasteiger partial charge in [0.05, 0.1) is 37.6 Å². The van der Waals surface area contributed by atoms with E-state index in [1.807, 2.05) is 20.0 Å². The highest BCUT2D eigenvalue weighted by atomic mass is 32.2. The Labute approximate surface area is 429 Å². The average molecular weight is 1030 g/mol. The number of carbonyl (C=O) groups is 4. The van der Waals surface area contributed by atoms with Crippen molar-refractivity contribution >= 4 is 36.2 Å². The van der Waals surface area contributed by atoms with Gasteiger partial charge in [0.15, 0.2) is 40.0 Å². The van der Waals surface area contributed by atoms with Crippen molar-refractivity contribution in [3.8, 4) is 46.3 Å². The van der Waals surface area contributed by atoms with Gasteiger partial charge in [-0.05, 0) is 130 Å². The Morgan fingerprint density at radius 3 is 2.03 bits per heavy atom. The second-order valence-corrected chi connectivity index (χ2v) is 23.3. The number of carbonyl (C=O) groups excluding carboxylic acids is 4. The Bertz CT molecular complexity index is 2830. The van der Waals surface area contributed by atoms with E-state index in [4.69, 9.17) is 52.1 Å². The molecular formula is C53H64N4O15S. The molecule has 2 unspecified atom stereocenters. The SMILES string of the molecule is COc1cc2c(cc1OC(=O)OC(C)(C)C)CCN[C@]21CS[C@@H]2c3c(OC(=O)OC(C)(C)C)c(C)c4c(c3[C@H](COC1=O)N1C2[C@H]2c3c(cc(C)c(OC)c3OC(=O)OC(C)(C)C)CC([C@@H]1C#N)N2C)OCO4. The second-order valence-electron chi connectivity index (χ2n) is 22.2. The summed E-state index contributed by atoms with van der Waals surface area (Å²) in [4.78, 5) is 60.4. The van der Waals surface area contributed by atoms with Crippen LogP contribution in [0.15, 0.2) is 18.2 Å². The van der Waals surface area contributed by atoms with E-state index in [0.29, 0.717) is 75.6 Å². The van der Waals surface area contributed by atoms with Gasteiger partial charge < -0.3 is 52.1 Å². The number of thioether (sulfide) groups is 1. The first-order valence-electron chi connectivity index (χ1n) is 24.3. The minimum absolute atomic E-state index is 0.00909. The number of benzene rings is 3. The Morgan fingerprint density at radius 1 is 0.781 bits per heavy atom. The third-order valence-electron chi connectivity index (χ3n) is 13.9. The predicted octanol–water partition coefficient (Wildman–Crippen LogP) is 8.59. The molecule has 1 N–H and O–H groups in total. The molecule has 0 amide bonds. The van der Waals surface area contributed by atoms with Gasteiger partial charge in [-0.2, -0.15) is 5.26 Å². The van der Waals surface area contributed by atoms with Crippen molar-refractivity contribution in [2.75, 3.05) is 47.0 Å². The minimum atomic E-state index is -1.54. The van der Waals surface area contributed by atoms with Crippen LogP contribution in [-0.4, -0.2) is 116 Å². The van der Waals surface area contributed by atoms with E-state index >= 15 is 4.79 Å². The number of likely N-dealkylation sites (N-methyl/N-ethyl adjacent to an activating group) is 1. The van der Waals surface area contributed by atoms with E-state index in [1.54, 1.807) is 81.4 Å². The highest BCUT2D eigenvalue weighted by Gasteiger charge is 2.62. The summed E-state index contributed by atoms with van der Waals surface area (Å²) in [7, 11) is 4.90. The van der Waals surface area contributed by atoms with Crippen LogP contribution in [0.5, 0.6) is 40.2 Å².